The first-order valence-corrected chi connectivity index (χ1v) is 6.78. The van der Waals surface area contributed by atoms with Crippen LogP contribution in [0.4, 0.5) is 0 Å². The van der Waals surface area contributed by atoms with Crippen LogP contribution in [0.2, 0.25) is 0 Å². The van der Waals surface area contributed by atoms with Gasteiger partial charge in [0.2, 0.25) is 0 Å². The van der Waals surface area contributed by atoms with Gasteiger partial charge in [0.25, 0.3) is 0 Å². The van der Waals surface area contributed by atoms with Crippen molar-refractivity contribution >= 4 is 0 Å². The molecule has 2 atom stereocenters. The maximum atomic E-state index is 8.71. The molecule has 0 aromatic carbocycles. The molecule has 96 valence electrons. The molecule has 0 bridgehead atoms. The van der Waals surface area contributed by atoms with Crippen molar-refractivity contribution in [3.05, 3.63) is 0 Å². The van der Waals surface area contributed by atoms with Crippen LogP contribution >= 0.6 is 0 Å². The summed E-state index contributed by atoms with van der Waals surface area (Å²) >= 11 is 0. The number of aliphatic hydroxyl groups is 1. The normalized spacial score (nSPS) is 30.6. The van der Waals surface area contributed by atoms with Crippen LogP contribution in [-0.4, -0.2) is 30.3 Å². The molecule has 0 aliphatic heterocycles. The van der Waals surface area contributed by atoms with Gasteiger partial charge in [0.05, 0.1) is 0 Å². The Morgan fingerprint density at radius 1 is 1.38 bits per heavy atom. The molecular weight excluding hydrogens is 200 g/mol. The smallest absolute Gasteiger partial charge is 0.0431 e. The number of unbranched alkanes of at least 4 members (excludes halogenated alkanes) is 2. The minimum Gasteiger partial charge on any atom is -0.396 e. The Labute approximate surface area is 99.8 Å². The number of nitrogens with two attached hydrogens (primary N) is 1. The molecule has 0 aromatic heterocycles. The van der Waals surface area contributed by atoms with E-state index in [0.29, 0.717) is 6.61 Å². The zero-order valence-corrected chi connectivity index (χ0v) is 10.7. The van der Waals surface area contributed by atoms with Gasteiger partial charge in [-0.05, 0) is 44.6 Å². The second-order valence-electron chi connectivity index (χ2n) is 5.40. The van der Waals surface area contributed by atoms with E-state index in [9.17, 15) is 0 Å². The fourth-order valence-corrected chi connectivity index (χ4v) is 2.85. The van der Waals surface area contributed by atoms with E-state index in [1.807, 2.05) is 0 Å². The van der Waals surface area contributed by atoms with E-state index >= 15 is 0 Å². The number of rotatable bonds is 7. The molecule has 0 radical (unpaired) electrons. The summed E-state index contributed by atoms with van der Waals surface area (Å²) in [6, 6.07) is 0. The van der Waals surface area contributed by atoms with Crippen molar-refractivity contribution < 1.29 is 5.11 Å². The molecule has 0 saturated heterocycles. The largest absolute Gasteiger partial charge is 0.396 e. The lowest BCUT2D eigenvalue weighted by atomic mass is 9.76. The number of hydrogen-bond donors (Lipinski definition) is 3. The molecule has 1 saturated carbocycles. The fourth-order valence-electron chi connectivity index (χ4n) is 2.85. The van der Waals surface area contributed by atoms with Crippen molar-refractivity contribution in [2.75, 3.05) is 19.7 Å². The Hall–Kier alpha value is -0.120. The van der Waals surface area contributed by atoms with Crippen LogP contribution in [0, 0.1) is 5.92 Å². The molecule has 3 nitrogen and oxygen atoms in total. The molecule has 2 unspecified atom stereocenters. The van der Waals surface area contributed by atoms with Crippen LogP contribution in [0.5, 0.6) is 0 Å². The number of hydrogen-bond acceptors (Lipinski definition) is 3. The quantitative estimate of drug-likeness (QED) is 0.581. The highest BCUT2D eigenvalue weighted by atomic mass is 16.2. The summed E-state index contributed by atoms with van der Waals surface area (Å²) in [5.41, 5.74) is 6.14. The van der Waals surface area contributed by atoms with Crippen molar-refractivity contribution in [3.63, 3.8) is 0 Å². The molecule has 1 aliphatic carbocycles. The minimum absolute atomic E-state index is 0.205. The molecule has 0 aromatic rings. The van der Waals surface area contributed by atoms with Gasteiger partial charge in [0.15, 0.2) is 0 Å². The van der Waals surface area contributed by atoms with Gasteiger partial charge in [-0.25, -0.2) is 0 Å². The average molecular weight is 228 g/mol. The fraction of sp³-hybridized carbons (Fsp3) is 1.00. The second-order valence-corrected chi connectivity index (χ2v) is 5.40. The monoisotopic (exact) mass is 228 g/mol. The van der Waals surface area contributed by atoms with Crippen molar-refractivity contribution in [2.24, 2.45) is 11.7 Å². The molecule has 3 heteroatoms. The number of nitrogens with one attached hydrogen (secondary N) is 1. The van der Waals surface area contributed by atoms with Crippen LogP contribution in [-0.2, 0) is 0 Å². The third kappa shape index (κ3) is 4.40. The minimum atomic E-state index is 0.205. The lowest BCUT2D eigenvalue weighted by Crippen LogP contribution is -2.54. The van der Waals surface area contributed by atoms with Crippen molar-refractivity contribution in [1.29, 1.82) is 0 Å². The molecule has 1 rings (SSSR count). The summed E-state index contributed by atoms with van der Waals surface area (Å²) in [5.74, 6) is 0.808. The van der Waals surface area contributed by atoms with E-state index in [2.05, 4.69) is 12.2 Å². The summed E-state index contributed by atoms with van der Waals surface area (Å²) < 4.78 is 0. The van der Waals surface area contributed by atoms with Crippen LogP contribution in [0.1, 0.15) is 51.9 Å². The van der Waals surface area contributed by atoms with E-state index < -0.39 is 0 Å². The van der Waals surface area contributed by atoms with Crippen LogP contribution in [0.25, 0.3) is 0 Å². The molecule has 0 spiro atoms. The van der Waals surface area contributed by atoms with Crippen molar-refractivity contribution in [3.8, 4) is 0 Å². The molecule has 0 amide bonds. The topological polar surface area (TPSA) is 58.3 Å². The first kappa shape index (κ1) is 13.9. The van der Waals surface area contributed by atoms with E-state index in [1.54, 1.807) is 0 Å². The van der Waals surface area contributed by atoms with Gasteiger partial charge < -0.3 is 16.2 Å². The lowest BCUT2D eigenvalue weighted by Gasteiger charge is -2.40. The van der Waals surface area contributed by atoms with Gasteiger partial charge in [0, 0.05) is 18.7 Å². The number of aliphatic hydroxyl groups excluding tert-OH is 1. The van der Waals surface area contributed by atoms with E-state index in [0.717, 1.165) is 38.3 Å². The molecule has 4 N–H and O–H groups in total. The molecule has 16 heavy (non-hydrogen) atoms. The average Bonchev–Trinajstić information content (AvgIpc) is 2.29. The standard InChI is InChI=1S/C13H28N2O/c1-12-6-5-7-13(10-12,11-14)15-8-3-2-4-9-16/h12,15-16H,2-11,14H2,1H3. The van der Waals surface area contributed by atoms with Gasteiger partial charge in [0.1, 0.15) is 0 Å². The summed E-state index contributed by atoms with van der Waals surface area (Å²) in [4.78, 5) is 0. The van der Waals surface area contributed by atoms with Crippen molar-refractivity contribution in [2.45, 2.75) is 57.4 Å². The SMILES string of the molecule is CC1CCCC(CN)(NCCCCCO)C1. The summed E-state index contributed by atoms with van der Waals surface area (Å²) in [6.07, 6.45) is 8.30. The summed E-state index contributed by atoms with van der Waals surface area (Å²) in [6.45, 7) is 4.46. The van der Waals surface area contributed by atoms with Gasteiger partial charge in [-0.3, -0.25) is 0 Å². The zero-order chi connectivity index (χ0) is 11.9. The predicted molar refractivity (Wildman–Crippen MR) is 68.4 cm³/mol. The highest BCUT2D eigenvalue weighted by Gasteiger charge is 2.32. The lowest BCUT2D eigenvalue weighted by molar-refractivity contribution is 0.192. The maximum Gasteiger partial charge on any atom is 0.0431 e. The van der Waals surface area contributed by atoms with Crippen molar-refractivity contribution in [1.82, 2.24) is 5.32 Å². The Balaban J connectivity index is 2.24. The van der Waals surface area contributed by atoms with E-state index in [1.165, 1.54) is 25.7 Å². The van der Waals surface area contributed by atoms with Crippen LogP contribution in [0.15, 0.2) is 0 Å². The Morgan fingerprint density at radius 2 is 2.19 bits per heavy atom. The summed E-state index contributed by atoms with van der Waals surface area (Å²) in [7, 11) is 0. The summed E-state index contributed by atoms with van der Waals surface area (Å²) in [5, 5.41) is 12.4. The Bertz CT molecular complexity index is 187. The molecule has 1 fully saturated rings. The highest BCUT2D eigenvalue weighted by molar-refractivity contribution is 4.93. The first-order valence-electron chi connectivity index (χ1n) is 6.78. The first-order chi connectivity index (χ1) is 7.72. The third-order valence-corrected chi connectivity index (χ3v) is 3.82. The van der Waals surface area contributed by atoms with Gasteiger partial charge in [-0.2, -0.15) is 0 Å². The maximum absolute atomic E-state index is 8.71. The predicted octanol–water partition coefficient (Wildman–Crippen LogP) is 1.65. The Kier molecular flexibility index (Phi) is 6.32. The zero-order valence-electron chi connectivity index (χ0n) is 10.7. The second kappa shape index (κ2) is 7.25. The Morgan fingerprint density at radius 3 is 2.81 bits per heavy atom. The molecular formula is C13H28N2O. The van der Waals surface area contributed by atoms with Gasteiger partial charge in [-0.15, -0.1) is 0 Å². The van der Waals surface area contributed by atoms with E-state index in [-0.39, 0.29) is 5.54 Å². The highest BCUT2D eigenvalue weighted by Crippen LogP contribution is 2.31. The van der Waals surface area contributed by atoms with E-state index in [4.69, 9.17) is 10.8 Å². The molecule has 1 aliphatic rings. The van der Waals surface area contributed by atoms with Crippen LogP contribution in [0.3, 0.4) is 0 Å². The third-order valence-electron chi connectivity index (χ3n) is 3.82. The molecule has 0 heterocycles. The van der Waals surface area contributed by atoms with Gasteiger partial charge in [-0.1, -0.05) is 19.8 Å². The van der Waals surface area contributed by atoms with Crippen LogP contribution < -0.4 is 11.1 Å². The van der Waals surface area contributed by atoms with Gasteiger partial charge >= 0.3 is 0 Å².